The number of nitrogens with zero attached hydrogens (tertiary/aromatic N) is 3. The van der Waals surface area contributed by atoms with E-state index < -0.39 is 0 Å². The minimum atomic E-state index is 0.0734. The monoisotopic (exact) mass is 406 g/mol. The number of carbonyl (C=O) groups is 1. The van der Waals surface area contributed by atoms with Crippen LogP contribution in [-0.2, 0) is 11.3 Å². The quantitative estimate of drug-likeness (QED) is 0.646. The summed E-state index contributed by atoms with van der Waals surface area (Å²) in [5, 5.41) is 4.64. The lowest BCUT2D eigenvalue weighted by atomic mass is 10.0. The largest absolute Gasteiger partial charge is 0.378 e. The fourth-order valence-electron chi connectivity index (χ4n) is 4.10. The number of benzene rings is 1. The average molecular weight is 407 g/mol. The Bertz CT molecular complexity index is 1030. The first-order valence-corrected chi connectivity index (χ1v) is 10.8. The van der Waals surface area contributed by atoms with Gasteiger partial charge in [-0.1, -0.05) is 13.3 Å². The molecule has 0 bridgehead atoms. The van der Waals surface area contributed by atoms with Crippen molar-refractivity contribution in [3.05, 3.63) is 53.3 Å². The number of aromatic nitrogens is 2. The number of fused-ring (bicyclic) bond motifs is 1. The number of anilines is 2. The minimum Gasteiger partial charge on any atom is -0.378 e. The van der Waals surface area contributed by atoms with Crippen LogP contribution in [0.4, 0.5) is 11.5 Å². The second kappa shape index (κ2) is 8.88. The molecule has 0 unspecified atom stereocenters. The van der Waals surface area contributed by atoms with Crippen molar-refractivity contribution in [2.24, 2.45) is 0 Å². The van der Waals surface area contributed by atoms with Crippen LogP contribution in [0, 0.1) is 13.8 Å². The average Bonchev–Trinajstić information content (AvgIpc) is 3.18. The van der Waals surface area contributed by atoms with Gasteiger partial charge in [0.15, 0.2) is 0 Å². The molecule has 1 N–H and O–H groups in total. The molecule has 1 saturated heterocycles. The topological polar surface area (TPSA) is 59.4 Å². The molecule has 3 aromatic rings. The zero-order valence-electron chi connectivity index (χ0n) is 18.1. The van der Waals surface area contributed by atoms with E-state index in [9.17, 15) is 4.79 Å². The van der Waals surface area contributed by atoms with Gasteiger partial charge in [0.1, 0.15) is 5.82 Å². The highest BCUT2D eigenvalue weighted by molar-refractivity contribution is 5.96. The van der Waals surface area contributed by atoms with E-state index in [4.69, 9.17) is 4.74 Å². The number of hydrogen-bond acceptors (Lipinski definition) is 4. The smallest absolute Gasteiger partial charge is 0.254 e. The van der Waals surface area contributed by atoms with E-state index in [0.717, 1.165) is 46.5 Å². The van der Waals surface area contributed by atoms with E-state index in [0.29, 0.717) is 26.3 Å². The van der Waals surface area contributed by atoms with Crippen molar-refractivity contribution in [2.45, 2.75) is 40.2 Å². The van der Waals surface area contributed by atoms with Crippen LogP contribution in [0.1, 0.15) is 41.3 Å². The highest BCUT2D eigenvalue weighted by Crippen LogP contribution is 2.30. The van der Waals surface area contributed by atoms with Crippen LogP contribution >= 0.6 is 0 Å². The first kappa shape index (κ1) is 20.4. The Kier molecular flexibility index (Phi) is 6.04. The van der Waals surface area contributed by atoms with Gasteiger partial charge < -0.3 is 19.5 Å². The molecular weight excluding hydrogens is 376 g/mol. The summed E-state index contributed by atoms with van der Waals surface area (Å²) in [5.74, 6) is 0.922. The summed E-state index contributed by atoms with van der Waals surface area (Å²) in [6.07, 6.45) is 6.32. The molecule has 4 rings (SSSR count). The second-order valence-electron chi connectivity index (χ2n) is 7.97. The van der Waals surface area contributed by atoms with Crippen LogP contribution in [0.2, 0.25) is 0 Å². The molecule has 0 saturated carbocycles. The van der Waals surface area contributed by atoms with Crippen molar-refractivity contribution in [2.75, 3.05) is 31.6 Å². The number of unbranched alkanes of at least 4 members (excludes halogenated alkanes) is 1. The zero-order chi connectivity index (χ0) is 21.1. The minimum absolute atomic E-state index is 0.0734. The number of morpholine rings is 1. The predicted octanol–water partition coefficient (Wildman–Crippen LogP) is 4.67. The Hall–Kier alpha value is -2.86. The zero-order valence-corrected chi connectivity index (χ0v) is 18.1. The Morgan fingerprint density at radius 2 is 1.90 bits per heavy atom. The standard InChI is InChI=1S/C24H30N4O2/c1-4-5-9-27-10-7-20-21(27)6-8-25-23(20)26-22-17(2)15-19(16-18(22)3)24(29)28-11-13-30-14-12-28/h6-8,10,15-16H,4-5,9,11-14H2,1-3H3,(H,25,26). The fourth-order valence-corrected chi connectivity index (χ4v) is 4.10. The lowest BCUT2D eigenvalue weighted by Gasteiger charge is -2.27. The molecule has 2 aromatic heterocycles. The van der Waals surface area contributed by atoms with Crippen LogP contribution in [0.25, 0.3) is 10.9 Å². The van der Waals surface area contributed by atoms with Crippen molar-refractivity contribution in [3.63, 3.8) is 0 Å². The number of hydrogen-bond donors (Lipinski definition) is 1. The number of rotatable bonds is 6. The third-order valence-corrected chi connectivity index (χ3v) is 5.77. The van der Waals surface area contributed by atoms with Crippen LogP contribution in [0.5, 0.6) is 0 Å². The van der Waals surface area contributed by atoms with E-state index >= 15 is 0 Å². The molecule has 158 valence electrons. The van der Waals surface area contributed by atoms with E-state index in [1.54, 1.807) is 0 Å². The van der Waals surface area contributed by atoms with E-state index in [2.05, 4.69) is 40.1 Å². The summed E-state index contributed by atoms with van der Waals surface area (Å²) < 4.78 is 7.65. The Morgan fingerprint density at radius 3 is 2.60 bits per heavy atom. The first-order chi connectivity index (χ1) is 14.6. The highest BCUT2D eigenvalue weighted by Gasteiger charge is 2.20. The first-order valence-electron chi connectivity index (χ1n) is 10.8. The molecular formula is C24H30N4O2. The van der Waals surface area contributed by atoms with Gasteiger partial charge in [0, 0.05) is 48.7 Å². The Balaban J connectivity index is 1.61. The van der Waals surface area contributed by atoms with E-state index in [1.165, 1.54) is 11.9 Å². The molecule has 1 aromatic carbocycles. The molecule has 1 aliphatic rings. The van der Waals surface area contributed by atoms with Gasteiger partial charge in [-0.05, 0) is 55.7 Å². The molecule has 1 aliphatic heterocycles. The summed E-state index contributed by atoms with van der Waals surface area (Å²) in [7, 11) is 0. The van der Waals surface area contributed by atoms with Crippen LogP contribution < -0.4 is 5.32 Å². The number of pyridine rings is 1. The van der Waals surface area contributed by atoms with E-state index in [-0.39, 0.29) is 5.91 Å². The molecule has 6 heteroatoms. The number of carbonyl (C=O) groups excluding carboxylic acids is 1. The lowest BCUT2D eigenvalue weighted by molar-refractivity contribution is 0.0303. The molecule has 6 nitrogen and oxygen atoms in total. The van der Waals surface area contributed by atoms with Gasteiger partial charge in [0.05, 0.1) is 18.7 Å². The molecule has 1 amide bonds. The predicted molar refractivity (Wildman–Crippen MR) is 121 cm³/mol. The van der Waals surface area contributed by atoms with Gasteiger partial charge in [-0.25, -0.2) is 4.98 Å². The van der Waals surface area contributed by atoms with E-state index in [1.807, 2.05) is 37.1 Å². The Labute approximate surface area is 177 Å². The highest BCUT2D eigenvalue weighted by atomic mass is 16.5. The van der Waals surface area contributed by atoms with Crippen LogP contribution in [0.3, 0.4) is 0 Å². The van der Waals surface area contributed by atoms with Crippen molar-refractivity contribution >= 4 is 28.3 Å². The number of ether oxygens (including phenoxy) is 1. The van der Waals surface area contributed by atoms with Gasteiger partial charge in [0.25, 0.3) is 5.91 Å². The molecule has 0 aliphatic carbocycles. The molecule has 3 heterocycles. The number of amides is 1. The van der Waals surface area contributed by atoms with Crippen LogP contribution in [-0.4, -0.2) is 46.7 Å². The number of nitrogens with one attached hydrogen (secondary N) is 1. The third kappa shape index (κ3) is 4.05. The summed E-state index contributed by atoms with van der Waals surface area (Å²) >= 11 is 0. The van der Waals surface area contributed by atoms with Gasteiger partial charge in [-0.2, -0.15) is 0 Å². The molecule has 0 spiro atoms. The Morgan fingerprint density at radius 1 is 1.17 bits per heavy atom. The van der Waals surface area contributed by atoms with Gasteiger partial charge >= 0.3 is 0 Å². The van der Waals surface area contributed by atoms with Gasteiger partial charge in [-0.15, -0.1) is 0 Å². The van der Waals surface area contributed by atoms with Crippen molar-refractivity contribution in [1.29, 1.82) is 0 Å². The maximum Gasteiger partial charge on any atom is 0.254 e. The van der Waals surface area contributed by atoms with Crippen molar-refractivity contribution in [3.8, 4) is 0 Å². The molecule has 30 heavy (non-hydrogen) atoms. The SMILES string of the molecule is CCCCn1ccc2c(Nc3c(C)cc(C(=O)N4CCOCC4)cc3C)nccc21. The van der Waals surface area contributed by atoms with Gasteiger partial charge in [0.2, 0.25) is 0 Å². The van der Waals surface area contributed by atoms with Crippen LogP contribution in [0.15, 0.2) is 36.7 Å². The van der Waals surface area contributed by atoms with Crippen molar-refractivity contribution in [1.82, 2.24) is 14.5 Å². The third-order valence-electron chi connectivity index (χ3n) is 5.77. The maximum atomic E-state index is 12.9. The summed E-state index contributed by atoms with van der Waals surface area (Å²) in [6.45, 7) is 9.82. The van der Waals surface area contributed by atoms with Gasteiger partial charge in [-0.3, -0.25) is 4.79 Å². The molecule has 0 atom stereocenters. The second-order valence-corrected chi connectivity index (χ2v) is 7.97. The summed E-state index contributed by atoms with van der Waals surface area (Å²) in [5.41, 5.74) is 5.01. The number of aryl methyl sites for hydroxylation is 3. The summed E-state index contributed by atoms with van der Waals surface area (Å²) in [6, 6.07) is 8.14. The molecule has 1 fully saturated rings. The maximum absolute atomic E-state index is 12.9. The normalized spacial score (nSPS) is 14.3. The van der Waals surface area contributed by atoms with Crippen molar-refractivity contribution < 1.29 is 9.53 Å². The summed E-state index contributed by atoms with van der Waals surface area (Å²) in [4.78, 5) is 19.3. The molecule has 0 radical (unpaired) electrons. The lowest BCUT2D eigenvalue weighted by Crippen LogP contribution is -2.40. The fraction of sp³-hybridized carbons (Fsp3) is 0.417.